The van der Waals surface area contributed by atoms with Gasteiger partial charge in [0.2, 0.25) is 11.8 Å². The van der Waals surface area contributed by atoms with Gasteiger partial charge in [-0.05, 0) is 48.3 Å². The van der Waals surface area contributed by atoms with Crippen molar-refractivity contribution in [2.45, 2.75) is 39.2 Å². The minimum atomic E-state index is 0.0105. The molecule has 2 fully saturated rings. The molecule has 1 aliphatic carbocycles. The van der Waals surface area contributed by atoms with Crippen LogP contribution in [-0.4, -0.2) is 43.0 Å². The summed E-state index contributed by atoms with van der Waals surface area (Å²) in [5.41, 5.74) is 1.22. The Bertz CT molecular complexity index is 628. The van der Waals surface area contributed by atoms with Crippen LogP contribution in [0.2, 0.25) is 0 Å². The van der Waals surface area contributed by atoms with Gasteiger partial charge in [-0.25, -0.2) is 0 Å². The van der Waals surface area contributed by atoms with Gasteiger partial charge >= 0.3 is 0 Å². The van der Waals surface area contributed by atoms with Crippen LogP contribution in [0.4, 0.5) is 0 Å². The minimum absolute atomic E-state index is 0.0105. The lowest BCUT2D eigenvalue weighted by Crippen LogP contribution is -2.36. The van der Waals surface area contributed by atoms with Crippen LogP contribution < -0.4 is 10.1 Å². The molecule has 1 heterocycles. The van der Waals surface area contributed by atoms with E-state index >= 15 is 0 Å². The molecule has 0 radical (unpaired) electrons. The number of carbonyl (C=O) groups is 2. The number of amides is 2. The molecule has 25 heavy (non-hydrogen) atoms. The molecule has 0 spiro atoms. The van der Waals surface area contributed by atoms with Crippen LogP contribution in [0, 0.1) is 17.8 Å². The number of fused-ring (bicyclic) bond motifs is 1. The molecular formula is C20H28N2O3. The van der Waals surface area contributed by atoms with Crippen molar-refractivity contribution < 1.29 is 14.3 Å². The van der Waals surface area contributed by atoms with Gasteiger partial charge in [-0.1, -0.05) is 19.1 Å². The van der Waals surface area contributed by atoms with Gasteiger partial charge in [0.05, 0.1) is 7.11 Å². The minimum Gasteiger partial charge on any atom is -0.497 e. The predicted octanol–water partition coefficient (Wildman–Crippen LogP) is 2.25. The van der Waals surface area contributed by atoms with Gasteiger partial charge in [0.15, 0.2) is 0 Å². The lowest BCUT2D eigenvalue weighted by atomic mass is 9.88. The first-order valence-corrected chi connectivity index (χ1v) is 9.16. The van der Waals surface area contributed by atoms with E-state index in [2.05, 4.69) is 29.3 Å². The quantitative estimate of drug-likeness (QED) is 0.861. The normalized spacial score (nSPS) is 28.1. The Hall–Kier alpha value is -2.04. The number of ether oxygens (including phenoxy) is 1. The SMILES string of the molecule is COc1ccc(CCN2C(=O)C[C@H]3[C@H](CNC(C)=O)[C@@H](C)C[C@H]32)cc1. The molecular weight excluding hydrogens is 316 g/mol. The maximum Gasteiger partial charge on any atom is 0.223 e. The number of carbonyl (C=O) groups excluding carboxylic acids is 2. The molecule has 1 saturated carbocycles. The first-order valence-electron chi connectivity index (χ1n) is 9.16. The van der Waals surface area contributed by atoms with Crippen molar-refractivity contribution in [2.24, 2.45) is 17.8 Å². The number of likely N-dealkylation sites (tertiary alicyclic amines) is 1. The Balaban J connectivity index is 1.61. The fraction of sp³-hybridized carbons (Fsp3) is 0.600. The molecule has 0 unspecified atom stereocenters. The average Bonchev–Trinajstić information content (AvgIpc) is 3.05. The van der Waals surface area contributed by atoms with E-state index in [4.69, 9.17) is 4.74 Å². The molecule has 0 aromatic heterocycles. The van der Waals surface area contributed by atoms with Crippen LogP contribution in [0.5, 0.6) is 5.75 Å². The summed E-state index contributed by atoms with van der Waals surface area (Å²) < 4.78 is 5.19. The van der Waals surface area contributed by atoms with E-state index in [0.717, 1.165) is 25.1 Å². The lowest BCUT2D eigenvalue weighted by Gasteiger charge is -2.24. The van der Waals surface area contributed by atoms with E-state index in [0.29, 0.717) is 36.8 Å². The van der Waals surface area contributed by atoms with Crippen molar-refractivity contribution in [3.8, 4) is 5.75 Å². The van der Waals surface area contributed by atoms with E-state index in [9.17, 15) is 9.59 Å². The van der Waals surface area contributed by atoms with E-state index in [1.807, 2.05) is 12.1 Å². The largest absolute Gasteiger partial charge is 0.497 e. The summed E-state index contributed by atoms with van der Waals surface area (Å²) in [5, 5.41) is 2.95. The third-order valence-corrected chi connectivity index (χ3v) is 5.91. The lowest BCUT2D eigenvalue weighted by molar-refractivity contribution is -0.129. The fourth-order valence-electron chi connectivity index (χ4n) is 4.53. The molecule has 1 aromatic carbocycles. The molecule has 2 aliphatic rings. The molecule has 1 aromatic rings. The van der Waals surface area contributed by atoms with Crippen LogP contribution in [0.15, 0.2) is 24.3 Å². The Kier molecular flexibility index (Phi) is 5.30. The van der Waals surface area contributed by atoms with Crippen molar-refractivity contribution in [1.29, 1.82) is 0 Å². The molecule has 4 atom stereocenters. The molecule has 3 rings (SSSR count). The second-order valence-corrected chi connectivity index (χ2v) is 7.43. The van der Waals surface area contributed by atoms with Crippen LogP contribution in [0.3, 0.4) is 0 Å². The highest BCUT2D eigenvalue weighted by atomic mass is 16.5. The standard InChI is InChI=1S/C20H28N2O3/c1-13-10-19-17(18(13)12-21-14(2)23)11-20(24)22(19)9-8-15-4-6-16(25-3)7-5-15/h4-7,13,17-19H,8-12H2,1-3H3,(H,21,23)/t13-,17-,18+,19+/m0/s1. The summed E-state index contributed by atoms with van der Waals surface area (Å²) in [5.74, 6) is 2.46. The van der Waals surface area contributed by atoms with Gasteiger partial charge < -0.3 is 15.0 Å². The summed E-state index contributed by atoms with van der Waals surface area (Å²) >= 11 is 0. The molecule has 0 bridgehead atoms. The molecule has 1 N–H and O–H groups in total. The van der Waals surface area contributed by atoms with Crippen LogP contribution >= 0.6 is 0 Å². The zero-order valence-electron chi connectivity index (χ0n) is 15.3. The zero-order valence-corrected chi connectivity index (χ0v) is 15.3. The van der Waals surface area contributed by atoms with Crippen molar-refractivity contribution in [3.05, 3.63) is 29.8 Å². The zero-order chi connectivity index (χ0) is 18.0. The molecule has 1 aliphatic heterocycles. The monoisotopic (exact) mass is 344 g/mol. The predicted molar refractivity (Wildman–Crippen MR) is 96.3 cm³/mol. The van der Waals surface area contributed by atoms with Crippen molar-refractivity contribution in [3.63, 3.8) is 0 Å². The second kappa shape index (κ2) is 7.46. The van der Waals surface area contributed by atoms with E-state index in [1.165, 1.54) is 5.56 Å². The molecule has 5 heteroatoms. The van der Waals surface area contributed by atoms with Gasteiger partial charge in [-0.2, -0.15) is 0 Å². The topological polar surface area (TPSA) is 58.6 Å². The van der Waals surface area contributed by atoms with Gasteiger partial charge in [0, 0.05) is 32.5 Å². The summed E-state index contributed by atoms with van der Waals surface area (Å²) in [6.45, 7) is 5.26. The fourth-order valence-corrected chi connectivity index (χ4v) is 4.53. The maximum atomic E-state index is 12.5. The van der Waals surface area contributed by atoms with Crippen molar-refractivity contribution in [2.75, 3.05) is 20.2 Å². The maximum absolute atomic E-state index is 12.5. The summed E-state index contributed by atoms with van der Waals surface area (Å²) in [7, 11) is 1.66. The highest BCUT2D eigenvalue weighted by Crippen LogP contribution is 2.45. The Morgan fingerprint density at radius 2 is 2.04 bits per heavy atom. The Labute approximate surface area is 149 Å². The molecule has 136 valence electrons. The van der Waals surface area contributed by atoms with Gasteiger partial charge in [-0.15, -0.1) is 0 Å². The van der Waals surface area contributed by atoms with Crippen molar-refractivity contribution in [1.82, 2.24) is 10.2 Å². The van der Waals surface area contributed by atoms with E-state index in [1.54, 1.807) is 14.0 Å². The van der Waals surface area contributed by atoms with Crippen LogP contribution in [0.25, 0.3) is 0 Å². The summed E-state index contributed by atoms with van der Waals surface area (Å²) in [6, 6.07) is 8.39. The first kappa shape index (κ1) is 17.8. The number of hydrogen-bond acceptors (Lipinski definition) is 3. The number of rotatable bonds is 6. The number of nitrogens with one attached hydrogen (secondary N) is 1. The summed E-state index contributed by atoms with van der Waals surface area (Å²) in [4.78, 5) is 25.8. The molecule has 1 saturated heterocycles. The number of hydrogen-bond donors (Lipinski definition) is 1. The van der Waals surface area contributed by atoms with Gasteiger partial charge in [-0.3, -0.25) is 9.59 Å². The summed E-state index contributed by atoms with van der Waals surface area (Å²) in [6.07, 6.45) is 2.54. The number of benzene rings is 1. The van der Waals surface area contributed by atoms with Crippen molar-refractivity contribution >= 4 is 11.8 Å². The highest BCUT2D eigenvalue weighted by molar-refractivity contribution is 5.79. The Morgan fingerprint density at radius 1 is 1.32 bits per heavy atom. The smallest absolute Gasteiger partial charge is 0.223 e. The molecule has 5 nitrogen and oxygen atoms in total. The third kappa shape index (κ3) is 3.80. The number of methoxy groups -OCH3 is 1. The second-order valence-electron chi connectivity index (χ2n) is 7.43. The van der Waals surface area contributed by atoms with Gasteiger partial charge in [0.25, 0.3) is 0 Å². The van der Waals surface area contributed by atoms with Crippen LogP contribution in [0.1, 0.15) is 32.3 Å². The average molecular weight is 344 g/mol. The third-order valence-electron chi connectivity index (χ3n) is 5.91. The molecule has 2 amide bonds. The van der Waals surface area contributed by atoms with Crippen LogP contribution in [-0.2, 0) is 16.0 Å². The van der Waals surface area contributed by atoms with E-state index in [-0.39, 0.29) is 11.8 Å². The highest BCUT2D eigenvalue weighted by Gasteiger charge is 2.50. The number of nitrogens with zero attached hydrogens (tertiary/aromatic N) is 1. The van der Waals surface area contributed by atoms with E-state index < -0.39 is 0 Å². The van der Waals surface area contributed by atoms with Gasteiger partial charge in [0.1, 0.15) is 5.75 Å². The first-order chi connectivity index (χ1) is 12.0. The Morgan fingerprint density at radius 3 is 2.68 bits per heavy atom.